The van der Waals surface area contributed by atoms with Gasteiger partial charge in [0, 0.05) is 18.5 Å². The molecule has 1 N–H and O–H groups in total. The molecule has 1 heterocycles. The number of rotatable bonds is 6. The fraction of sp³-hybridized carbons (Fsp3) is 0.379. The second kappa shape index (κ2) is 8.99. The van der Waals surface area contributed by atoms with Gasteiger partial charge in [-0.3, -0.25) is 4.90 Å². The molecule has 166 valence electrons. The van der Waals surface area contributed by atoms with Gasteiger partial charge in [0.25, 0.3) is 0 Å². The van der Waals surface area contributed by atoms with Crippen molar-refractivity contribution in [2.24, 2.45) is 5.92 Å². The molecule has 32 heavy (non-hydrogen) atoms. The average Bonchev–Trinajstić information content (AvgIpc) is 3.42. The van der Waals surface area contributed by atoms with Gasteiger partial charge in [0.1, 0.15) is 18.1 Å². The number of fused-ring (bicyclic) bond motifs is 1. The van der Waals surface area contributed by atoms with E-state index >= 15 is 0 Å². The van der Waals surface area contributed by atoms with Crippen LogP contribution in [0.4, 0.5) is 0 Å². The zero-order valence-corrected chi connectivity index (χ0v) is 19.1. The van der Waals surface area contributed by atoms with Crippen LogP contribution >= 0.6 is 0 Å². The van der Waals surface area contributed by atoms with Crippen molar-refractivity contribution < 1.29 is 9.84 Å². The molecule has 0 bridgehead atoms. The summed E-state index contributed by atoms with van der Waals surface area (Å²) in [7, 11) is 0. The van der Waals surface area contributed by atoms with E-state index in [0.29, 0.717) is 17.7 Å². The van der Waals surface area contributed by atoms with Crippen LogP contribution < -0.4 is 4.74 Å². The normalized spacial score (nSPS) is 23.8. The molecule has 0 aromatic heterocycles. The first-order valence-electron chi connectivity index (χ1n) is 11.9. The maximum atomic E-state index is 10.0. The quantitative estimate of drug-likeness (QED) is 0.526. The van der Waals surface area contributed by atoms with Gasteiger partial charge >= 0.3 is 0 Å². The predicted molar refractivity (Wildman–Crippen MR) is 130 cm³/mol. The lowest BCUT2D eigenvalue weighted by atomic mass is 9.82. The average molecular weight is 428 g/mol. The lowest BCUT2D eigenvalue weighted by molar-refractivity contribution is 0.169. The van der Waals surface area contributed by atoms with Gasteiger partial charge in [-0.25, -0.2) is 0 Å². The maximum absolute atomic E-state index is 10.0. The van der Waals surface area contributed by atoms with E-state index in [4.69, 9.17) is 4.74 Å². The van der Waals surface area contributed by atoms with Crippen molar-refractivity contribution in [1.82, 2.24) is 4.90 Å². The van der Waals surface area contributed by atoms with E-state index in [1.165, 1.54) is 41.8 Å². The Hall–Kier alpha value is -2.78. The molecule has 4 atom stereocenters. The van der Waals surface area contributed by atoms with Crippen LogP contribution in [0.2, 0.25) is 0 Å². The van der Waals surface area contributed by atoms with Crippen molar-refractivity contribution in [2.45, 2.75) is 44.6 Å². The first-order chi connectivity index (χ1) is 15.6. The van der Waals surface area contributed by atoms with Crippen LogP contribution in [0.15, 0.2) is 72.8 Å². The topological polar surface area (TPSA) is 32.7 Å². The number of hydrogen-bond donors (Lipinski definition) is 1. The van der Waals surface area contributed by atoms with Crippen molar-refractivity contribution >= 4 is 0 Å². The van der Waals surface area contributed by atoms with Crippen LogP contribution in [0.1, 0.15) is 54.4 Å². The van der Waals surface area contributed by atoms with Crippen LogP contribution in [-0.4, -0.2) is 35.7 Å². The molecule has 2 aliphatic rings. The Kier molecular flexibility index (Phi) is 5.93. The highest BCUT2D eigenvalue weighted by atomic mass is 16.5. The number of hydrogen-bond acceptors (Lipinski definition) is 3. The van der Waals surface area contributed by atoms with E-state index in [1.807, 2.05) is 12.1 Å². The molecule has 0 amide bonds. The molecule has 0 spiro atoms. The summed E-state index contributed by atoms with van der Waals surface area (Å²) in [6.45, 7) is 7.69. The molecular weight excluding hydrogens is 394 g/mol. The van der Waals surface area contributed by atoms with Crippen molar-refractivity contribution in [2.75, 3.05) is 19.7 Å². The van der Waals surface area contributed by atoms with E-state index in [0.717, 1.165) is 24.7 Å². The maximum Gasteiger partial charge on any atom is 0.119 e. The van der Waals surface area contributed by atoms with Gasteiger partial charge in [-0.1, -0.05) is 55.5 Å². The summed E-state index contributed by atoms with van der Waals surface area (Å²) >= 11 is 0. The summed E-state index contributed by atoms with van der Waals surface area (Å²) in [4.78, 5) is 2.54. The summed E-state index contributed by atoms with van der Waals surface area (Å²) in [6, 6.07) is 25.7. The summed E-state index contributed by atoms with van der Waals surface area (Å²) in [5, 5.41) is 10.0. The summed E-state index contributed by atoms with van der Waals surface area (Å²) in [5.41, 5.74) is 5.22. The van der Waals surface area contributed by atoms with E-state index < -0.39 is 0 Å². The molecule has 0 saturated carbocycles. The highest BCUT2D eigenvalue weighted by molar-refractivity contribution is 5.51. The summed E-state index contributed by atoms with van der Waals surface area (Å²) in [5.74, 6) is 2.74. The first-order valence-corrected chi connectivity index (χ1v) is 11.9. The van der Waals surface area contributed by atoms with Gasteiger partial charge in [-0.15, -0.1) is 0 Å². The second-order valence-electron chi connectivity index (χ2n) is 9.70. The third-order valence-corrected chi connectivity index (χ3v) is 7.34. The molecule has 1 aliphatic heterocycles. The van der Waals surface area contributed by atoms with Gasteiger partial charge in [0.2, 0.25) is 0 Å². The van der Waals surface area contributed by atoms with E-state index in [1.54, 1.807) is 0 Å². The lowest BCUT2D eigenvalue weighted by Crippen LogP contribution is -2.35. The van der Waals surface area contributed by atoms with Gasteiger partial charge in [-0.05, 0) is 84.7 Å². The summed E-state index contributed by atoms with van der Waals surface area (Å²) < 4.78 is 6.16. The van der Waals surface area contributed by atoms with Crippen molar-refractivity contribution in [1.29, 1.82) is 0 Å². The Balaban J connectivity index is 1.34. The predicted octanol–water partition coefficient (Wildman–Crippen LogP) is 5.97. The van der Waals surface area contributed by atoms with Crippen LogP contribution in [-0.2, 0) is 6.42 Å². The van der Waals surface area contributed by atoms with Crippen molar-refractivity contribution in [3.05, 3.63) is 95.1 Å². The Morgan fingerprint density at radius 2 is 1.78 bits per heavy atom. The number of ether oxygens (including phenoxy) is 1. The minimum Gasteiger partial charge on any atom is -0.508 e. The Morgan fingerprint density at radius 3 is 2.50 bits per heavy atom. The molecule has 5 rings (SSSR count). The fourth-order valence-electron chi connectivity index (χ4n) is 5.53. The summed E-state index contributed by atoms with van der Waals surface area (Å²) in [6.07, 6.45) is 2.24. The molecule has 0 radical (unpaired) electrons. The van der Waals surface area contributed by atoms with Crippen molar-refractivity contribution in [3.8, 4) is 11.5 Å². The van der Waals surface area contributed by atoms with Gasteiger partial charge in [-0.2, -0.15) is 0 Å². The molecule has 1 saturated heterocycles. The monoisotopic (exact) mass is 427 g/mol. The van der Waals surface area contributed by atoms with E-state index in [9.17, 15) is 5.11 Å². The number of likely N-dealkylation sites (tertiary alicyclic amines) is 1. The minimum absolute atomic E-state index is 0.284. The minimum atomic E-state index is 0.284. The van der Waals surface area contributed by atoms with Crippen LogP contribution in [0.25, 0.3) is 0 Å². The zero-order chi connectivity index (χ0) is 22.1. The van der Waals surface area contributed by atoms with E-state index in [2.05, 4.69) is 79.4 Å². The number of phenolic OH excluding ortho intramolecular Hbond substituents is 1. The highest BCUT2D eigenvalue weighted by Gasteiger charge is 2.34. The van der Waals surface area contributed by atoms with Gasteiger partial charge in [0.15, 0.2) is 0 Å². The SMILES string of the molecule is C[C@@H]1CCN([C@@H](C)COc2ccc(C3c4ccc(O)cc4CC3c3ccccc3)cc2)C1. The Bertz CT molecular complexity index is 1050. The first kappa shape index (κ1) is 21.1. The van der Waals surface area contributed by atoms with Crippen LogP contribution in [0, 0.1) is 5.92 Å². The van der Waals surface area contributed by atoms with E-state index in [-0.39, 0.29) is 5.92 Å². The zero-order valence-electron chi connectivity index (χ0n) is 19.1. The molecule has 2 unspecified atom stereocenters. The molecule has 3 nitrogen and oxygen atoms in total. The number of aromatic hydroxyl groups is 1. The molecule has 3 aromatic rings. The Labute approximate surface area is 191 Å². The highest BCUT2D eigenvalue weighted by Crippen LogP contribution is 2.48. The number of phenols is 1. The van der Waals surface area contributed by atoms with Crippen LogP contribution in [0.5, 0.6) is 11.5 Å². The smallest absolute Gasteiger partial charge is 0.119 e. The molecule has 1 fully saturated rings. The second-order valence-corrected chi connectivity index (χ2v) is 9.70. The fourth-order valence-corrected chi connectivity index (χ4v) is 5.53. The van der Waals surface area contributed by atoms with Crippen molar-refractivity contribution in [3.63, 3.8) is 0 Å². The standard InChI is InChI=1S/C29H33NO2/c1-20-14-15-30(18-20)21(2)19-32-26-11-8-23(9-12-26)29-27-13-10-25(31)16-24(27)17-28(29)22-6-4-3-5-7-22/h3-13,16,20-21,28-29,31H,14-15,17-19H2,1-2H3/t20-,21+,28?,29?/m1/s1. The molecular formula is C29H33NO2. The van der Waals surface area contributed by atoms with Gasteiger partial charge < -0.3 is 9.84 Å². The molecule has 3 aromatic carbocycles. The van der Waals surface area contributed by atoms with Crippen LogP contribution in [0.3, 0.4) is 0 Å². The molecule has 1 aliphatic carbocycles. The number of nitrogens with zero attached hydrogens (tertiary/aromatic N) is 1. The Morgan fingerprint density at radius 1 is 1.00 bits per heavy atom. The third-order valence-electron chi connectivity index (χ3n) is 7.34. The number of benzene rings is 3. The lowest BCUT2D eigenvalue weighted by Gasteiger charge is -2.24. The van der Waals surface area contributed by atoms with Gasteiger partial charge in [0.05, 0.1) is 0 Å². The third kappa shape index (κ3) is 4.27. The molecule has 3 heteroatoms. The largest absolute Gasteiger partial charge is 0.508 e.